The molecule has 4 nitrogen and oxygen atoms in total. The lowest BCUT2D eigenvalue weighted by molar-refractivity contribution is 0.627. The molecule has 0 bridgehead atoms. The third kappa shape index (κ3) is 2.13. The fraction of sp³-hybridized carbons (Fsp3) is 0.0769. The molecular formula is C13H10ClFN4. The molecule has 6 heteroatoms. The number of H-pyrrole nitrogens is 1. The van der Waals surface area contributed by atoms with Crippen molar-refractivity contribution in [3.63, 3.8) is 0 Å². The van der Waals surface area contributed by atoms with Gasteiger partial charge in [-0.1, -0.05) is 17.7 Å². The molecule has 2 aromatic heterocycles. The topological polar surface area (TPSA) is 53.6 Å². The van der Waals surface area contributed by atoms with E-state index >= 15 is 0 Å². The number of benzene rings is 1. The summed E-state index contributed by atoms with van der Waals surface area (Å²) in [6.07, 6.45) is 1.59. The number of nitrogens with one attached hydrogen (secondary N) is 2. The second-order valence-corrected chi connectivity index (χ2v) is 4.57. The van der Waals surface area contributed by atoms with E-state index in [1.165, 1.54) is 0 Å². The standard InChI is InChI=1S/C13H10ClFN4/c1-7-2-4-9-12(11(7)15)18-19-13(9)17-8-3-5-10(14)16-6-8/h2-6H,1H3,(H2,17,18,19). The van der Waals surface area contributed by atoms with Crippen LogP contribution in [-0.2, 0) is 0 Å². The molecule has 2 N–H and O–H groups in total. The number of hydrogen-bond acceptors (Lipinski definition) is 3. The minimum atomic E-state index is -0.285. The molecule has 0 atom stereocenters. The van der Waals surface area contributed by atoms with Crippen LogP contribution in [-0.4, -0.2) is 15.2 Å². The van der Waals surface area contributed by atoms with Crippen LogP contribution in [0.25, 0.3) is 10.9 Å². The second-order valence-electron chi connectivity index (χ2n) is 4.19. The van der Waals surface area contributed by atoms with E-state index in [-0.39, 0.29) is 5.82 Å². The number of halogens is 2. The van der Waals surface area contributed by atoms with Gasteiger partial charge in [-0.15, -0.1) is 0 Å². The van der Waals surface area contributed by atoms with Gasteiger partial charge in [0.1, 0.15) is 10.7 Å². The maximum Gasteiger partial charge on any atom is 0.160 e. The van der Waals surface area contributed by atoms with Gasteiger partial charge in [-0.05, 0) is 30.7 Å². The monoisotopic (exact) mass is 276 g/mol. The molecule has 0 fully saturated rings. The summed E-state index contributed by atoms with van der Waals surface area (Å²) in [5.74, 6) is 0.269. The highest BCUT2D eigenvalue weighted by molar-refractivity contribution is 6.29. The van der Waals surface area contributed by atoms with E-state index in [9.17, 15) is 4.39 Å². The van der Waals surface area contributed by atoms with Crippen LogP contribution in [0.2, 0.25) is 5.15 Å². The van der Waals surface area contributed by atoms with Crippen LogP contribution in [0, 0.1) is 12.7 Å². The van der Waals surface area contributed by atoms with Crippen LogP contribution in [0.1, 0.15) is 5.56 Å². The summed E-state index contributed by atoms with van der Waals surface area (Å²) < 4.78 is 13.9. The lowest BCUT2D eigenvalue weighted by Gasteiger charge is -2.03. The summed E-state index contributed by atoms with van der Waals surface area (Å²) in [5.41, 5.74) is 1.71. The first kappa shape index (κ1) is 11.9. The van der Waals surface area contributed by atoms with Crippen molar-refractivity contribution >= 4 is 34.0 Å². The molecule has 3 rings (SSSR count). The minimum absolute atomic E-state index is 0.285. The van der Waals surface area contributed by atoms with Crippen molar-refractivity contribution in [3.8, 4) is 0 Å². The Bertz CT molecular complexity index is 736. The van der Waals surface area contributed by atoms with Crippen LogP contribution in [0.3, 0.4) is 0 Å². The van der Waals surface area contributed by atoms with Crippen LogP contribution in [0.5, 0.6) is 0 Å². The van der Waals surface area contributed by atoms with Gasteiger partial charge in [0.05, 0.1) is 11.9 Å². The molecule has 0 amide bonds. The van der Waals surface area contributed by atoms with Crippen molar-refractivity contribution in [2.24, 2.45) is 0 Å². The molecule has 2 heterocycles. The van der Waals surface area contributed by atoms with E-state index < -0.39 is 0 Å². The number of fused-ring (bicyclic) bond motifs is 1. The molecule has 0 radical (unpaired) electrons. The normalized spacial score (nSPS) is 10.9. The van der Waals surface area contributed by atoms with Gasteiger partial charge in [0.15, 0.2) is 11.6 Å². The third-order valence-corrected chi connectivity index (χ3v) is 3.08. The highest BCUT2D eigenvalue weighted by Crippen LogP contribution is 2.27. The predicted octanol–water partition coefficient (Wildman–Crippen LogP) is 3.80. The van der Waals surface area contributed by atoms with Gasteiger partial charge in [0.2, 0.25) is 0 Å². The second kappa shape index (κ2) is 4.51. The van der Waals surface area contributed by atoms with Gasteiger partial charge in [0.25, 0.3) is 0 Å². The van der Waals surface area contributed by atoms with E-state index in [0.29, 0.717) is 27.4 Å². The number of aryl methyl sites for hydroxylation is 1. The number of aromatic nitrogens is 3. The molecule has 0 spiro atoms. The van der Waals surface area contributed by atoms with Gasteiger partial charge in [-0.3, -0.25) is 5.10 Å². The van der Waals surface area contributed by atoms with Crippen LogP contribution >= 0.6 is 11.6 Å². The fourth-order valence-electron chi connectivity index (χ4n) is 1.84. The summed E-state index contributed by atoms with van der Waals surface area (Å²) in [6.45, 7) is 1.71. The highest BCUT2D eigenvalue weighted by atomic mass is 35.5. The SMILES string of the molecule is Cc1ccc2c(Nc3ccc(Cl)nc3)n[nH]c2c1F. The summed E-state index contributed by atoms with van der Waals surface area (Å²) in [6, 6.07) is 6.99. The number of nitrogens with zero attached hydrogens (tertiary/aromatic N) is 2. The Morgan fingerprint density at radius 3 is 2.84 bits per heavy atom. The van der Waals surface area contributed by atoms with Gasteiger partial charge in [0, 0.05) is 5.39 Å². The van der Waals surface area contributed by atoms with E-state index in [2.05, 4.69) is 20.5 Å². The maximum atomic E-state index is 13.9. The average molecular weight is 277 g/mol. The first-order valence-corrected chi connectivity index (χ1v) is 6.04. The largest absolute Gasteiger partial charge is 0.337 e. The molecular weight excluding hydrogens is 267 g/mol. The average Bonchev–Trinajstić information content (AvgIpc) is 2.80. The lowest BCUT2D eigenvalue weighted by atomic mass is 10.1. The summed E-state index contributed by atoms with van der Waals surface area (Å²) in [4.78, 5) is 3.96. The molecule has 0 saturated carbocycles. The van der Waals surface area contributed by atoms with Gasteiger partial charge >= 0.3 is 0 Å². The van der Waals surface area contributed by atoms with Crippen LogP contribution in [0.4, 0.5) is 15.9 Å². The Morgan fingerprint density at radius 2 is 2.11 bits per heavy atom. The van der Waals surface area contributed by atoms with E-state index in [0.717, 1.165) is 5.69 Å². The zero-order valence-corrected chi connectivity index (χ0v) is 10.8. The van der Waals surface area contributed by atoms with Gasteiger partial charge in [-0.25, -0.2) is 9.37 Å². The van der Waals surface area contributed by atoms with Crippen LogP contribution < -0.4 is 5.32 Å². The molecule has 96 valence electrons. The van der Waals surface area contributed by atoms with Crippen molar-refractivity contribution in [1.29, 1.82) is 0 Å². The quantitative estimate of drug-likeness (QED) is 0.700. The molecule has 0 saturated heterocycles. The zero-order chi connectivity index (χ0) is 13.4. The lowest BCUT2D eigenvalue weighted by Crippen LogP contribution is -1.92. The van der Waals surface area contributed by atoms with E-state index in [4.69, 9.17) is 11.6 Å². The fourth-order valence-corrected chi connectivity index (χ4v) is 1.95. The smallest absolute Gasteiger partial charge is 0.160 e. The number of hydrogen-bond donors (Lipinski definition) is 2. The zero-order valence-electron chi connectivity index (χ0n) is 10.0. The van der Waals surface area contributed by atoms with Gasteiger partial charge in [-0.2, -0.15) is 5.10 Å². The van der Waals surface area contributed by atoms with Crippen molar-refractivity contribution in [3.05, 3.63) is 47.0 Å². The molecule has 0 aliphatic heterocycles. The molecule has 1 aromatic carbocycles. The van der Waals surface area contributed by atoms with Crippen LogP contribution in [0.15, 0.2) is 30.5 Å². The molecule has 0 unspecified atom stereocenters. The Kier molecular flexibility index (Phi) is 2.83. The van der Waals surface area contributed by atoms with E-state index in [1.807, 2.05) is 6.07 Å². The number of aromatic amines is 1. The third-order valence-electron chi connectivity index (χ3n) is 2.86. The number of pyridine rings is 1. The van der Waals surface area contributed by atoms with Crippen molar-refractivity contribution in [2.75, 3.05) is 5.32 Å². The minimum Gasteiger partial charge on any atom is -0.337 e. The Hall–Kier alpha value is -2.14. The molecule has 0 aliphatic rings. The van der Waals surface area contributed by atoms with Gasteiger partial charge < -0.3 is 5.32 Å². The van der Waals surface area contributed by atoms with Crippen molar-refractivity contribution in [2.45, 2.75) is 6.92 Å². The Labute approximate surface area is 113 Å². The molecule has 3 aromatic rings. The van der Waals surface area contributed by atoms with Crippen molar-refractivity contribution in [1.82, 2.24) is 15.2 Å². The Balaban J connectivity index is 2.02. The Morgan fingerprint density at radius 1 is 1.26 bits per heavy atom. The van der Waals surface area contributed by atoms with E-state index in [1.54, 1.807) is 31.3 Å². The predicted molar refractivity (Wildman–Crippen MR) is 73.3 cm³/mol. The molecule has 19 heavy (non-hydrogen) atoms. The summed E-state index contributed by atoms with van der Waals surface area (Å²) >= 11 is 5.72. The highest BCUT2D eigenvalue weighted by Gasteiger charge is 2.11. The first-order chi connectivity index (χ1) is 9.15. The molecule has 0 aliphatic carbocycles. The van der Waals surface area contributed by atoms with Crippen molar-refractivity contribution < 1.29 is 4.39 Å². The number of rotatable bonds is 2. The maximum absolute atomic E-state index is 13.9. The number of anilines is 2. The summed E-state index contributed by atoms with van der Waals surface area (Å²) in [7, 11) is 0. The summed E-state index contributed by atoms with van der Waals surface area (Å²) in [5, 5.41) is 11.0. The first-order valence-electron chi connectivity index (χ1n) is 5.67.